The molecule has 0 spiro atoms. The van der Waals surface area contributed by atoms with Gasteiger partial charge in [-0.25, -0.2) is 0 Å². The third-order valence-electron chi connectivity index (χ3n) is 4.28. The van der Waals surface area contributed by atoms with E-state index < -0.39 is 0 Å². The van der Waals surface area contributed by atoms with Crippen LogP contribution in [-0.4, -0.2) is 49.7 Å². The molecule has 2 unspecified atom stereocenters. The van der Waals surface area contributed by atoms with Gasteiger partial charge in [-0.3, -0.25) is 9.69 Å². The molecule has 1 aromatic carbocycles. The van der Waals surface area contributed by atoms with Crippen molar-refractivity contribution in [1.82, 2.24) is 10.2 Å². The smallest absolute Gasteiger partial charge is 0.227 e. The molecule has 1 amide bonds. The second kappa shape index (κ2) is 9.04. The van der Waals surface area contributed by atoms with Gasteiger partial charge >= 0.3 is 0 Å². The van der Waals surface area contributed by atoms with Crippen molar-refractivity contribution >= 4 is 5.91 Å². The lowest BCUT2D eigenvalue weighted by Gasteiger charge is -2.34. The Labute approximate surface area is 140 Å². The zero-order valence-electron chi connectivity index (χ0n) is 14.6. The Bertz CT molecular complexity index is 476. The van der Waals surface area contributed by atoms with Gasteiger partial charge < -0.3 is 10.1 Å². The maximum absolute atomic E-state index is 12.5. The molecule has 1 N–H and O–H groups in total. The van der Waals surface area contributed by atoms with Gasteiger partial charge in [0.1, 0.15) is 0 Å². The van der Waals surface area contributed by atoms with Gasteiger partial charge in [0.15, 0.2) is 0 Å². The topological polar surface area (TPSA) is 41.6 Å². The molecule has 1 aliphatic rings. The molecule has 1 saturated heterocycles. The first-order valence-electron chi connectivity index (χ1n) is 8.76. The lowest BCUT2D eigenvalue weighted by Crippen LogP contribution is -2.48. The van der Waals surface area contributed by atoms with Gasteiger partial charge in [-0.1, -0.05) is 51.1 Å². The van der Waals surface area contributed by atoms with E-state index in [4.69, 9.17) is 4.74 Å². The van der Waals surface area contributed by atoms with Crippen LogP contribution in [-0.2, 0) is 9.53 Å². The van der Waals surface area contributed by atoms with Crippen LogP contribution in [0.3, 0.4) is 0 Å². The highest BCUT2D eigenvalue weighted by atomic mass is 16.5. The van der Waals surface area contributed by atoms with Crippen LogP contribution in [0.4, 0.5) is 0 Å². The van der Waals surface area contributed by atoms with Gasteiger partial charge in [0.05, 0.1) is 18.6 Å². The SMILES string of the molecule is CCC(C(=O)NCC1CN(CC(C)C)CCO1)c1ccccc1. The first-order chi connectivity index (χ1) is 11.1. The molecular formula is C19H30N2O2. The van der Waals surface area contributed by atoms with Crippen LogP contribution in [0.5, 0.6) is 0 Å². The molecule has 0 radical (unpaired) electrons. The number of nitrogens with one attached hydrogen (secondary N) is 1. The van der Waals surface area contributed by atoms with Crippen molar-refractivity contribution in [2.45, 2.75) is 39.2 Å². The summed E-state index contributed by atoms with van der Waals surface area (Å²) in [5, 5.41) is 3.09. The maximum Gasteiger partial charge on any atom is 0.227 e. The number of carbonyl (C=O) groups excluding carboxylic acids is 1. The lowest BCUT2D eigenvalue weighted by molar-refractivity contribution is -0.123. The van der Waals surface area contributed by atoms with Crippen molar-refractivity contribution in [3.05, 3.63) is 35.9 Å². The van der Waals surface area contributed by atoms with Crippen LogP contribution in [0.1, 0.15) is 38.7 Å². The van der Waals surface area contributed by atoms with Crippen LogP contribution in [0, 0.1) is 5.92 Å². The summed E-state index contributed by atoms with van der Waals surface area (Å²) in [5.74, 6) is 0.681. The van der Waals surface area contributed by atoms with E-state index in [0.717, 1.165) is 38.2 Å². The molecule has 0 aliphatic carbocycles. The number of hydrogen-bond acceptors (Lipinski definition) is 3. The summed E-state index contributed by atoms with van der Waals surface area (Å²) in [6.07, 6.45) is 0.903. The number of rotatable bonds is 7. The monoisotopic (exact) mass is 318 g/mol. The molecule has 0 bridgehead atoms. The lowest BCUT2D eigenvalue weighted by atomic mass is 9.95. The fraction of sp³-hybridized carbons (Fsp3) is 0.632. The average molecular weight is 318 g/mol. The highest BCUT2D eigenvalue weighted by Gasteiger charge is 2.23. The van der Waals surface area contributed by atoms with Crippen LogP contribution in [0.15, 0.2) is 30.3 Å². The Morgan fingerprint density at radius 1 is 1.35 bits per heavy atom. The second-order valence-electron chi connectivity index (χ2n) is 6.76. The van der Waals surface area contributed by atoms with E-state index in [1.54, 1.807) is 0 Å². The molecule has 0 saturated carbocycles. The first kappa shape index (κ1) is 18.0. The predicted molar refractivity (Wildman–Crippen MR) is 93.5 cm³/mol. The van der Waals surface area contributed by atoms with Crippen molar-refractivity contribution in [2.75, 3.05) is 32.8 Å². The third kappa shape index (κ3) is 5.63. The quantitative estimate of drug-likeness (QED) is 0.840. The van der Waals surface area contributed by atoms with E-state index in [2.05, 4.69) is 31.0 Å². The third-order valence-corrected chi connectivity index (χ3v) is 4.28. The normalized spacial score (nSPS) is 20.4. The summed E-state index contributed by atoms with van der Waals surface area (Å²) in [4.78, 5) is 14.9. The minimum atomic E-state index is -0.0773. The molecule has 2 atom stereocenters. The van der Waals surface area contributed by atoms with E-state index in [1.807, 2.05) is 30.3 Å². The Morgan fingerprint density at radius 3 is 2.74 bits per heavy atom. The summed E-state index contributed by atoms with van der Waals surface area (Å²) in [5.41, 5.74) is 1.08. The Hall–Kier alpha value is -1.39. The largest absolute Gasteiger partial charge is 0.374 e. The molecule has 1 aromatic rings. The fourth-order valence-electron chi connectivity index (χ4n) is 3.18. The Kier molecular flexibility index (Phi) is 7.06. The van der Waals surface area contributed by atoms with Crippen LogP contribution in [0.25, 0.3) is 0 Å². The zero-order chi connectivity index (χ0) is 16.7. The standard InChI is InChI=1S/C19H30N2O2/c1-4-18(16-8-6-5-7-9-16)19(22)20-12-17-14-21(10-11-23-17)13-15(2)3/h5-9,15,17-18H,4,10-14H2,1-3H3,(H,20,22). The summed E-state index contributed by atoms with van der Waals surface area (Å²) >= 11 is 0. The van der Waals surface area contributed by atoms with Crippen LogP contribution in [0.2, 0.25) is 0 Å². The molecule has 4 heteroatoms. The van der Waals surface area contributed by atoms with Gasteiger partial charge in [0.25, 0.3) is 0 Å². The van der Waals surface area contributed by atoms with Crippen LogP contribution < -0.4 is 5.32 Å². The van der Waals surface area contributed by atoms with E-state index in [9.17, 15) is 4.79 Å². The first-order valence-corrected chi connectivity index (χ1v) is 8.76. The number of morpholine rings is 1. The van der Waals surface area contributed by atoms with E-state index in [0.29, 0.717) is 12.5 Å². The zero-order valence-corrected chi connectivity index (χ0v) is 14.6. The van der Waals surface area contributed by atoms with Crippen molar-refractivity contribution in [3.63, 3.8) is 0 Å². The highest BCUT2D eigenvalue weighted by Crippen LogP contribution is 2.19. The highest BCUT2D eigenvalue weighted by molar-refractivity contribution is 5.83. The fourth-order valence-corrected chi connectivity index (χ4v) is 3.18. The summed E-state index contributed by atoms with van der Waals surface area (Å²) < 4.78 is 5.80. The van der Waals surface area contributed by atoms with Crippen molar-refractivity contribution in [1.29, 1.82) is 0 Å². The molecule has 128 valence electrons. The van der Waals surface area contributed by atoms with Gasteiger partial charge in [-0.15, -0.1) is 0 Å². The minimum Gasteiger partial charge on any atom is -0.374 e. The number of carbonyl (C=O) groups is 1. The van der Waals surface area contributed by atoms with Crippen molar-refractivity contribution in [2.24, 2.45) is 5.92 Å². The molecule has 4 nitrogen and oxygen atoms in total. The second-order valence-corrected chi connectivity index (χ2v) is 6.76. The summed E-state index contributed by atoms with van der Waals surface area (Å²) in [7, 11) is 0. The van der Waals surface area contributed by atoms with Crippen molar-refractivity contribution < 1.29 is 9.53 Å². The van der Waals surface area contributed by atoms with Crippen molar-refractivity contribution in [3.8, 4) is 0 Å². The Balaban J connectivity index is 1.83. The van der Waals surface area contributed by atoms with Gasteiger partial charge in [-0.05, 0) is 17.9 Å². The molecule has 23 heavy (non-hydrogen) atoms. The Morgan fingerprint density at radius 2 is 2.09 bits per heavy atom. The number of ether oxygens (including phenoxy) is 1. The maximum atomic E-state index is 12.5. The number of hydrogen-bond donors (Lipinski definition) is 1. The van der Waals surface area contributed by atoms with Crippen LogP contribution >= 0.6 is 0 Å². The van der Waals surface area contributed by atoms with Gasteiger partial charge in [-0.2, -0.15) is 0 Å². The molecule has 1 fully saturated rings. The number of amides is 1. The molecular weight excluding hydrogens is 288 g/mol. The summed E-state index contributed by atoms with van der Waals surface area (Å²) in [6, 6.07) is 10.00. The molecule has 2 rings (SSSR count). The average Bonchev–Trinajstić information content (AvgIpc) is 2.54. The predicted octanol–water partition coefficient (Wildman–Crippen LogP) is 2.65. The minimum absolute atomic E-state index is 0.0773. The number of nitrogens with zero attached hydrogens (tertiary/aromatic N) is 1. The summed E-state index contributed by atoms with van der Waals surface area (Å²) in [6.45, 7) is 10.9. The molecule has 1 heterocycles. The van der Waals surface area contributed by atoms with Gasteiger partial charge in [0.2, 0.25) is 5.91 Å². The number of benzene rings is 1. The van der Waals surface area contributed by atoms with E-state index >= 15 is 0 Å². The molecule has 1 aliphatic heterocycles. The van der Waals surface area contributed by atoms with Gasteiger partial charge in [0, 0.05) is 26.2 Å². The molecule has 0 aromatic heterocycles. The van der Waals surface area contributed by atoms with E-state index in [1.165, 1.54) is 0 Å². The van der Waals surface area contributed by atoms with E-state index in [-0.39, 0.29) is 17.9 Å².